The van der Waals surface area contributed by atoms with Crippen LogP contribution in [0.25, 0.3) is 0 Å². The van der Waals surface area contributed by atoms with E-state index in [0.717, 1.165) is 31.9 Å². The van der Waals surface area contributed by atoms with Crippen LogP contribution in [0.5, 0.6) is 0 Å². The quantitative estimate of drug-likeness (QED) is 0.843. The van der Waals surface area contributed by atoms with Crippen molar-refractivity contribution in [3.05, 3.63) is 18.2 Å². The summed E-state index contributed by atoms with van der Waals surface area (Å²) in [5.41, 5.74) is 1.06. The molecule has 96 valence electrons. The van der Waals surface area contributed by atoms with Gasteiger partial charge in [-0.15, -0.1) is 0 Å². The van der Waals surface area contributed by atoms with Crippen molar-refractivity contribution < 1.29 is 8.95 Å². The summed E-state index contributed by atoms with van der Waals surface area (Å²) in [6.07, 6.45) is 5.42. The van der Waals surface area contributed by atoms with Gasteiger partial charge in [0.25, 0.3) is 0 Å². The Hall–Kier alpha value is -0.720. The van der Waals surface area contributed by atoms with E-state index in [2.05, 4.69) is 10.3 Å². The van der Waals surface area contributed by atoms with Crippen LogP contribution >= 0.6 is 0 Å². The molecule has 3 atom stereocenters. The third kappa shape index (κ3) is 3.14. The number of morpholine rings is 1. The van der Waals surface area contributed by atoms with Gasteiger partial charge in [-0.1, -0.05) is 0 Å². The number of rotatable bonds is 4. The van der Waals surface area contributed by atoms with Crippen LogP contribution in [0.3, 0.4) is 0 Å². The standard InChI is InChI=1S/C11H19N3O2S/c1-9(17(2)15)7-14-8-13-5-10(14)11-6-12-3-4-16-11/h5,8-9,11-12H,3-4,6-7H2,1-2H3. The van der Waals surface area contributed by atoms with Gasteiger partial charge in [-0.25, -0.2) is 4.98 Å². The molecule has 5 nitrogen and oxygen atoms in total. The highest BCUT2D eigenvalue weighted by molar-refractivity contribution is 7.84. The second kappa shape index (κ2) is 5.75. The third-order valence-electron chi connectivity index (χ3n) is 3.02. The van der Waals surface area contributed by atoms with E-state index in [1.54, 1.807) is 12.6 Å². The first-order chi connectivity index (χ1) is 8.18. The van der Waals surface area contributed by atoms with Crippen molar-refractivity contribution in [3.63, 3.8) is 0 Å². The number of nitrogens with one attached hydrogen (secondary N) is 1. The molecule has 0 aromatic carbocycles. The molecule has 1 aromatic rings. The van der Waals surface area contributed by atoms with Crippen LogP contribution in [0.2, 0.25) is 0 Å². The average Bonchev–Trinajstić information content (AvgIpc) is 2.78. The summed E-state index contributed by atoms with van der Waals surface area (Å²) in [4.78, 5) is 4.17. The molecule has 17 heavy (non-hydrogen) atoms. The zero-order valence-corrected chi connectivity index (χ0v) is 11.1. The average molecular weight is 257 g/mol. The molecular weight excluding hydrogens is 238 g/mol. The molecule has 1 saturated heterocycles. The van der Waals surface area contributed by atoms with Crippen molar-refractivity contribution in [1.29, 1.82) is 0 Å². The number of nitrogens with zero attached hydrogens (tertiary/aromatic N) is 2. The second-order valence-electron chi connectivity index (χ2n) is 4.34. The molecule has 1 aliphatic rings. The van der Waals surface area contributed by atoms with Crippen LogP contribution in [0, 0.1) is 0 Å². The molecule has 0 spiro atoms. The molecule has 6 heteroatoms. The van der Waals surface area contributed by atoms with Gasteiger partial charge in [-0.05, 0) is 6.92 Å². The maximum Gasteiger partial charge on any atom is 0.111 e. The summed E-state index contributed by atoms with van der Waals surface area (Å²) in [6, 6.07) is 0. The van der Waals surface area contributed by atoms with Crippen LogP contribution in [0.15, 0.2) is 12.5 Å². The monoisotopic (exact) mass is 257 g/mol. The molecule has 0 saturated carbocycles. The first kappa shape index (κ1) is 12.7. The highest BCUT2D eigenvalue weighted by Gasteiger charge is 2.20. The zero-order chi connectivity index (χ0) is 12.3. The van der Waals surface area contributed by atoms with E-state index in [4.69, 9.17) is 4.74 Å². The molecule has 0 bridgehead atoms. The van der Waals surface area contributed by atoms with Gasteiger partial charge in [0.1, 0.15) is 6.10 Å². The molecule has 0 amide bonds. The van der Waals surface area contributed by atoms with Gasteiger partial charge in [0, 0.05) is 41.9 Å². The lowest BCUT2D eigenvalue weighted by Gasteiger charge is -2.25. The summed E-state index contributed by atoms with van der Waals surface area (Å²) >= 11 is 0. The molecule has 1 aliphatic heterocycles. The van der Waals surface area contributed by atoms with Crippen molar-refractivity contribution in [3.8, 4) is 0 Å². The second-order valence-corrected chi connectivity index (χ2v) is 6.15. The smallest absolute Gasteiger partial charge is 0.111 e. The van der Waals surface area contributed by atoms with Crippen molar-refractivity contribution in [1.82, 2.24) is 14.9 Å². The minimum Gasteiger partial charge on any atom is -0.369 e. The summed E-state index contributed by atoms with van der Waals surface area (Å²) in [6.45, 7) is 5.15. The number of hydrogen-bond donors (Lipinski definition) is 1. The van der Waals surface area contributed by atoms with Crippen molar-refractivity contribution >= 4 is 10.8 Å². The van der Waals surface area contributed by atoms with E-state index in [0.29, 0.717) is 0 Å². The van der Waals surface area contributed by atoms with Crippen molar-refractivity contribution in [2.45, 2.75) is 24.8 Å². The van der Waals surface area contributed by atoms with Crippen LogP contribution in [-0.4, -0.2) is 45.0 Å². The number of aromatic nitrogens is 2. The molecule has 1 fully saturated rings. The fraction of sp³-hybridized carbons (Fsp3) is 0.727. The van der Waals surface area contributed by atoms with E-state index in [1.807, 2.05) is 17.7 Å². The molecule has 2 heterocycles. The number of imidazole rings is 1. The first-order valence-corrected chi connectivity index (χ1v) is 7.45. The Morgan fingerprint density at radius 3 is 3.24 bits per heavy atom. The number of ether oxygens (including phenoxy) is 1. The fourth-order valence-electron chi connectivity index (χ4n) is 1.89. The molecule has 0 radical (unpaired) electrons. The predicted molar refractivity (Wildman–Crippen MR) is 67.3 cm³/mol. The molecule has 1 aromatic heterocycles. The Morgan fingerprint density at radius 1 is 1.76 bits per heavy atom. The fourth-order valence-corrected chi connectivity index (χ4v) is 2.26. The SMILES string of the molecule is CC(Cn1cncc1C1CNCCO1)S(C)=O. The van der Waals surface area contributed by atoms with E-state index in [9.17, 15) is 4.21 Å². The molecule has 0 aliphatic carbocycles. The van der Waals surface area contributed by atoms with Crippen LogP contribution < -0.4 is 5.32 Å². The van der Waals surface area contributed by atoms with Crippen LogP contribution in [-0.2, 0) is 22.1 Å². The summed E-state index contributed by atoms with van der Waals surface area (Å²) in [5.74, 6) is 0. The summed E-state index contributed by atoms with van der Waals surface area (Å²) in [5, 5.41) is 3.42. The highest BCUT2D eigenvalue weighted by Crippen LogP contribution is 2.18. The maximum absolute atomic E-state index is 11.4. The van der Waals surface area contributed by atoms with Crippen LogP contribution in [0.1, 0.15) is 18.7 Å². The minimum absolute atomic E-state index is 0.0590. The topological polar surface area (TPSA) is 56.1 Å². The van der Waals surface area contributed by atoms with Crippen LogP contribution in [0.4, 0.5) is 0 Å². The minimum atomic E-state index is -0.813. The van der Waals surface area contributed by atoms with Gasteiger partial charge in [0.05, 0.1) is 24.8 Å². The maximum atomic E-state index is 11.4. The van der Waals surface area contributed by atoms with Gasteiger partial charge in [0.2, 0.25) is 0 Å². The molecule has 2 rings (SSSR count). The highest BCUT2D eigenvalue weighted by atomic mass is 32.2. The lowest BCUT2D eigenvalue weighted by Crippen LogP contribution is -2.34. The first-order valence-electron chi connectivity index (χ1n) is 5.83. The van der Waals surface area contributed by atoms with Crippen molar-refractivity contribution in [2.24, 2.45) is 0 Å². The Kier molecular flexibility index (Phi) is 4.31. The predicted octanol–water partition coefficient (Wildman–Crippen LogP) is 0.311. The number of hydrogen-bond acceptors (Lipinski definition) is 4. The zero-order valence-electron chi connectivity index (χ0n) is 10.3. The van der Waals surface area contributed by atoms with Gasteiger partial charge in [0.15, 0.2) is 0 Å². The summed E-state index contributed by atoms with van der Waals surface area (Å²) < 4.78 is 19.1. The normalized spacial score (nSPS) is 24.5. The lowest BCUT2D eigenvalue weighted by atomic mass is 10.2. The van der Waals surface area contributed by atoms with Crippen molar-refractivity contribution in [2.75, 3.05) is 26.0 Å². The molecular formula is C11H19N3O2S. The van der Waals surface area contributed by atoms with E-state index >= 15 is 0 Å². The van der Waals surface area contributed by atoms with E-state index in [-0.39, 0.29) is 11.4 Å². The Balaban J connectivity index is 2.07. The summed E-state index contributed by atoms with van der Waals surface area (Å²) in [7, 11) is -0.813. The Bertz CT molecular complexity index is 388. The van der Waals surface area contributed by atoms with E-state index in [1.165, 1.54) is 0 Å². The van der Waals surface area contributed by atoms with Gasteiger partial charge < -0.3 is 14.6 Å². The molecule has 3 unspecified atom stereocenters. The lowest BCUT2D eigenvalue weighted by molar-refractivity contribution is 0.0228. The van der Waals surface area contributed by atoms with Gasteiger partial charge in [-0.3, -0.25) is 4.21 Å². The Morgan fingerprint density at radius 2 is 2.59 bits per heavy atom. The largest absolute Gasteiger partial charge is 0.369 e. The third-order valence-corrected chi connectivity index (χ3v) is 4.30. The van der Waals surface area contributed by atoms with Gasteiger partial charge >= 0.3 is 0 Å². The van der Waals surface area contributed by atoms with E-state index < -0.39 is 10.8 Å². The molecule has 1 N–H and O–H groups in total. The Labute approximate surface area is 104 Å². The van der Waals surface area contributed by atoms with Gasteiger partial charge in [-0.2, -0.15) is 0 Å².